The Morgan fingerprint density at radius 1 is 1.62 bits per heavy atom. The van der Waals surface area contributed by atoms with Crippen molar-refractivity contribution in [3.8, 4) is 0 Å². The molecule has 16 heavy (non-hydrogen) atoms. The highest BCUT2D eigenvalue weighted by Crippen LogP contribution is 2.17. The molecule has 2 atom stereocenters. The molecule has 0 radical (unpaired) electrons. The summed E-state index contributed by atoms with van der Waals surface area (Å²) in [6, 6.07) is 1.41. The van der Waals surface area contributed by atoms with Gasteiger partial charge in [-0.15, -0.1) is 11.3 Å². The summed E-state index contributed by atoms with van der Waals surface area (Å²) < 4.78 is 0. The number of likely N-dealkylation sites (tertiary alicyclic amines) is 1. The van der Waals surface area contributed by atoms with Crippen LogP contribution in [0, 0.1) is 0 Å². The summed E-state index contributed by atoms with van der Waals surface area (Å²) in [4.78, 5) is 6.93. The fourth-order valence-corrected chi connectivity index (χ4v) is 3.03. The third kappa shape index (κ3) is 3.03. The molecule has 4 heteroatoms. The van der Waals surface area contributed by atoms with Crippen molar-refractivity contribution in [1.29, 1.82) is 0 Å². The zero-order valence-corrected chi connectivity index (χ0v) is 11.0. The van der Waals surface area contributed by atoms with Gasteiger partial charge >= 0.3 is 0 Å². The SMILES string of the molecule is CNC1CCN(CCc2cscn2)C(C)C1. The van der Waals surface area contributed by atoms with Crippen LogP contribution in [-0.2, 0) is 6.42 Å². The molecule has 0 aromatic carbocycles. The second-order valence-corrected chi connectivity index (χ2v) is 5.34. The summed E-state index contributed by atoms with van der Waals surface area (Å²) >= 11 is 1.69. The molecule has 2 heterocycles. The molecule has 3 nitrogen and oxygen atoms in total. The lowest BCUT2D eigenvalue weighted by atomic mass is 9.98. The highest BCUT2D eigenvalue weighted by Gasteiger charge is 2.23. The molecule has 1 aromatic heterocycles. The van der Waals surface area contributed by atoms with Gasteiger partial charge in [0.2, 0.25) is 0 Å². The van der Waals surface area contributed by atoms with E-state index in [1.807, 2.05) is 5.51 Å². The average molecular weight is 239 g/mol. The number of hydrogen-bond donors (Lipinski definition) is 1. The van der Waals surface area contributed by atoms with E-state index in [4.69, 9.17) is 0 Å². The molecule has 0 bridgehead atoms. The first kappa shape index (κ1) is 12.0. The van der Waals surface area contributed by atoms with Gasteiger partial charge in [-0.2, -0.15) is 0 Å². The number of hydrogen-bond acceptors (Lipinski definition) is 4. The molecule has 0 aliphatic carbocycles. The van der Waals surface area contributed by atoms with E-state index in [0.29, 0.717) is 12.1 Å². The van der Waals surface area contributed by atoms with Crippen molar-refractivity contribution in [1.82, 2.24) is 15.2 Å². The lowest BCUT2D eigenvalue weighted by Crippen LogP contribution is -2.47. The topological polar surface area (TPSA) is 28.2 Å². The number of nitrogens with one attached hydrogen (secondary N) is 1. The molecule has 1 fully saturated rings. The Kier molecular flexibility index (Phi) is 4.32. The van der Waals surface area contributed by atoms with Gasteiger partial charge in [-0.05, 0) is 33.4 Å². The van der Waals surface area contributed by atoms with Crippen molar-refractivity contribution < 1.29 is 0 Å². The molecule has 1 aliphatic rings. The second-order valence-electron chi connectivity index (χ2n) is 4.62. The Balaban J connectivity index is 1.78. The summed E-state index contributed by atoms with van der Waals surface area (Å²) in [6.45, 7) is 4.71. The lowest BCUT2D eigenvalue weighted by molar-refractivity contribution is 0.140. The Morgan fingerprint density at radius 3 is 3.12 bits per heavy atom. The van der Waals surface area contributed by atoms with E-state index in [0.717, 1.165) is 13.0 Å². The standard InChI is InChI=1S/C12H21N3S/c1-10-7-11(13-2)3-5-15(10)6-4-12-8-16-9-14-12/h8-11,13H,3-7H2,1-2H3. The van der Waals surface area contributed by atoms with Crippen LogP contribution >= 0.6 is 11.3 Å². The Hall–Kier alpha value is -0.450. The largest absolute Gasteiger partial charge is 0.317 e. The van der Waals surface area contributed by atoms with Crippen LogP contribution in [-0.4, -0.2) is 42.1 Å². The van der Waals surface area contributed by atoms with E-state index in [1.54, 1.807) is 11.3 Å². The molecule has 90 valence electrons. The maximum absolute atomic E-state index is 4.34. The van der Waals surface area contributed by atoms with Crippen LogP contribution in [0.5, 0.6) is 0 Å². The third-order valence-electron chi connectivity index (χ3n) is 3.56. The first-order valence-electron chi connectivity index (χ1n) is 6.08. The maximum Gasteiger partial charge on any atom is 0.0794 e. The van der Waals surface area contributed by atoms with Gasteiger partial charge in [-0.1, -0.05) is 0 Å². The molecule has 0 saturated carbocycles. The van der Waals surface area contributed by atoms with Gasteiger partial charge in [-0.25, -0.2) is 4.98 Å². The zero-order chi connectivity index (χ0) is 11.4. The van der Waals surface area contributed by atoms with Crippen LogP contribution in [0.1, 0.15) is 25.5 Å². The summed E-state index contributed by atoms with van der Waals surface area (Å²) in [5, 5.41) is 5.54. The van der Waals surface area contributed by atoms with Crippen molar-refractivity contribution in [3.05, 3.63) is 16.6 Å². The third-order valence-corrected chi connectivity index (χ3v) is 4.20. The monoisotopic (exact) mass is 239 g/mol. The fourth-order valence-electron chi connectivity index (χ4n) is 2.43. The second kappa shape index (κ2) is 5.75. The van der Waals surface area contributed by atoms with Crippen molar-refractivity contribution in [2.24, 2.45) is 0 Å². The van der Waals surface area contributed by atoms with Crippen LogP contribution < -0.4 is 5.32 Å². The van der Waals surface area contributed by atoms with Crippen molar-refractivity contribution in [2.75, 3.05) is 20.1 Å². The minimum absolute atomic E-state index is 0.699. The average Bonchev–Trinajstić information content (AvgIpc) is 2.80. The first-order chi connectivity index (χ1) is 7.79. The van der Waals surface area contributed by atoms with E-state index in [-0.39, 0.29) is 0 Å². The summed E-state index contributed by atoms with van der Waals surface area (Å²) in [5.74, 6) is 0. The first-order valence-corrected chi connectivity index (χ1v) is 7.02. The minimum atomic E-state index is 0.699. The fraction of sp³-hybridized carbons (Fsp3) is 0.750. The number of thiazole rings is 1. The quantitative estimate of drug-likeness (QED) is 0.868. The van der Waals surface area contributed by atoms with Gasteiger partial charge in [0.25, 0.3) is 0 Å². The van der Waals surface area contributed by atoms with Gasteiger partial charge in [0.05, 0.1) is 11.2 Å². The Morgan fingerprint density at radius 2 is 2.50 bits per heavy atom. The molecular formula is C12H21N3S. The summed E-state index contributed by atoms with van der Waals surface area (Å²) in [7, 11) is 2.07. The molecule has 1 aromatic rings. The normalized spacial score (nSPS) is 27.1. The predicted molar refractivity (Wildman–Crippen MR) is 68.9 cm³/mol. The molecule has 1 saturated heterocycles. The Bertz CT molecular complexity index is 299. The van der Waals surface area contributed by atoms with Crippen LogP contribution in [0.2, 0.25) is 0 Å². The molecular weight excluding hydrogens is 218 g/mol. The summed E-state index contributed by atoms with van der Waals surface area (Å²) in [6.07, 6.45) is 3.64. The van der Waals surface area contributed by atoms with Crippen LogP contribution in [0.4, 0.5) is 0 Å². The smallest absolute Gasteiger partial charge is 0.0794 e. The lowest BCUT2D eigenvalue weighted by Gasteiger charge is -2.37. The van der Waals surface area contributed by atoms with Crippen LogP contribution in [0.3, 0.4) is 0 Å². The highest BCUT2D eigenvalue weighted by atomic mass is 32.1. The number of piperidine rings is 1. The molecule has 2 unspecified atom stereocenters. The van der Waals surface area contributed by atoms with E-state index in [9.17, 15) is 0 Å². The minimum Gasteiger partial charge on any atom is -0.317 e. The maximum atomic E-state index is 4.34. The van der Waals surface area contributed by atoms with E-state index < -0.39 is 0 Å². The predicted octanol–water partition coefficient (Wildman–Crippen LogP) is 1.76. The number of aromatic nitrogens is 1. The van der Waals surface area contributed by atoms with E-state index >= 15 is 0 Å². The number of rotatable bonds is 4. The molecule has 0 amide bonds. The van der Waals surface area contributed by atoms with Gasteiger partial charge in [0, 0.05) is 30.4 Å². The molecule has 1 aliphatic heterocycles. The number of nitrogens with zero attached hydrogens (tertiary/aromatic N) is 2. The van der Waals surface area contributed by atoms with Crippen LogP contribution in [0.25, 0.3) is 0 Å². The molecule has 2 rings (SSSR count). The van der Waals surface area contributed by atoms with Crippen molar-refractivity contribution >= 4 is 11.3 Å². The van der Waals surface area contributed by atoms with Gasteiger partial charge in [-0.3, -0.25) is 0 Å². The van der Waals surface area contributed by atoms with Gasteiger partial charge < -0.3 is 10.2 Å². The zero-order valence-electron chi connectivity index (χ0n) is 10.1. The van der Waals surface area contributed by atoms with E-state index in [2.05, 4.69) is 34.6 Å². The van der Waals surface area contributed by atoms with Crippen LogP contribution in [0.15, 0.2) is 10.9 Å². The van der Waals surface area contributed by atoms with Crippen molar-refractivity contribution in [3.63, 3.8) is 0 Å². The Labute approximate surface area is 102 Å². The summed E-state index contributed by atoms with van der Waals surface area (Å²) in [5.41, 5.74) is 3.17. The highest BCUT2D eigenvalue weighted by molar-refractivity contribution is 7.07. The van der Waals surface area contributed by atoms with E-state index in [1.165, 1.54) is 25.1 Å². The van der Waals surface area contributed by atoms with Gasteiger partial charge in [0.15, 0.2) is 0 Å². The van der Waals surface area contributed by atoms with Crippen molar-refractivity contribution in [2.45, 2.75) is 38.3 Å². The molecule has 0 spiro atoms. The van der Waals surface area contributed by atoms with Gasteiger partial charge in [0.1, 0.15) is 0 Å². The molecule has 1 N–H and O–H groups in total.